The molecule has 2 aliphatic rings. The van der Waals surface area contributed by atoms with Crippen molar-refractivity contribution in [2.75, 3.05) is 13.1 Å². The van der Waals surface area contributed by atoms with Crippen molar-refractivity contribution in [3.63, 3.8) is 0 Å². The highest BCUT2D eigenvalue weighted by molar-refractivity contribution is 5.85. The van der Waals surface area contributed by atoms with E-state index >= 15 is 0 Å². The van der Waals surface area contributed by atoms with Gasteiger partial charge in [0, 0.05) is 6.42 Å². The molecule has 1 aliphatic heterocycles. The first-order chi connectivity index (χ1) is 6.58. The molecule has 2 fully saturated rings. The molecule has 0 amide bonds. The first kappa shape index (κ1) is 10.2. The van der Waals surface area contributed by atoms with Crippen LogP contribution in [0.25, 0.3) is 0 Å². The van der Waals surface area contributed by atoms with Gasteiger partial charge < -0.3 is 0 Å². The number of likely N-dealkylation sites (tertiary alicyclic amines) is 1. The summed E-state index contributed by atoms with van der Waals surface area (Å²) in [7, 11) is 0. The van der Waals surface area contributed by atoms with Crippen LogP contribution in [0, 0.1) is 5.41 Å². The molecule has 1 unspecified atom stereocenters. The minimum Gasteiger partial charge on any atom is -0.298 e. The lowest BCUT2D eigenvalue weighted by Crippen LogP contribution is -2.45. The fourth-order valence-corrected chi connectivity index (χ4v) is 2.62. The van der Waals surface area contributed by atoms with Crippen molar-refractivity contribution >= 4 is 5.78 Å². The van der Waals surface area contributed by atoms with E-state index in [0.29, 0.717) is 11.2 Å². The molecule has 0 aromatic heterocycles. The lowest BCUT2D eigenvalue weighted by atomic mass is 9.82. The Bertz CT molecular complexity index is 224. The molecule has 0 aromatic carbocycles. The van der Waals surface area contributed by atoms with Crippen molar-refractivity contribution < 1.29 is 4.79 Å². The minimum absolute atomic E-state index is 0.283. The minimum atomic E-state index is 0.283. The van der Waals surface area contributed by atoms with E-state index in [1.54, 1.807) is 0 Å². The van der Waals surface area contributed by atoms with Gasteiger partial charge in [-0.05, 0) is 44.2 Å². The number of ketones is 1. The Balaban J connectivity index is 1.92. The highest BCUT2D eigenvalue weighted by atomic mass is 16.1. The highest BCUT2D eigenvalue weighted by Gasteiger charge is 2.34. The van der Waals surface area contributed by atoms with Crippen LogP contribution < -0.4 is 0 Å². The Labute approximate surface area is 86.7 Å². The van der Waals surface area contributed by atoms with Gasteiger partial charge in [0.1, 0.15) is 5.78 Å². The summed E-state index contributed by atoms with van der Waals surface area (Å²) in [6, 6.07) is 0.283. The molecular weight excluding hydrogens is 174 g/mol. The molecule has 2 nitrogen and oxygen atoms in total. The van der Waals surface area contributed by atoms with E-state index in [0.717, 1.165) is 32.4 Å². The lowest BCUT2D eigenvalue weighted by molar-refractivity contribution is -0.122. The molecule has 1 heterocycles. The highest BCUT2D eigenvalue weighted by Crippen LogP contribution is 2.32. The van der Waals surface area contributed by atoms with Gasteiger partial charge in [0.25, 0.3) is 0 Å². The zero-order chi connectivity index (χ0) is 10.2. The van der Waals surface area contributed by atoms with E-state index in [2.05, 4.69) is 18.7 Å². The monoisotopic (exact) mass is 195 g/mol. The summed E-state index contributed by atoms with van der Waals surface area (Å²) in [4.78, 5) is 14.0. The molecular formula is C12H21NO. The van der Waals surface area contributed by atoms with Gasteiger partial charge in [0.15, 0.2) is 0 Å². The largest absolute Gasteiger partial charge is 0.298 e. The van der Waals surface area contributed by atoms with Crippen molar-refractivity contribution in [1.82, 2.24) is 4.90 Å². The summed E-state index contributed by atoms with van der Waals surface area (Å²) in [6.45, 7) is 6.93. The predicted octanol–water partition coefficient (Wildman–Crippen LogP) is 2.23. The lowest BCUT2D eigenvalue weighted by Gasteiger charge is -2.39. The van der Waals surface area contributed by atoms with Crippen molar-refractivity contribution in [2.24, 2.45) is 5.41 Å². The molecule has 0 radical (unpaired) electrons. The number of hydrogen-bond donors (Lipinski definition) is 0. The zero-order valence-electron chi connectivity index (χ0n) is 9.38. The van der Waals surface area contributed by atoms with Gasteiger partial charge in [-0.1, -0.05) is 13.8 Å². The summed E-state index contributed by atoms with van der Waals surface area (Å²) in [6.07, 6.45) is 5.54. The average molecular weight is 195 g/mol. The Hall–Kier alpha value is -0.370. The second-order valence-electron chi connectivity index (χ2n) is 5.57. The third kappa shape index (κ3) is 2.00. The summed E-state index contributed by atoms with van der Waals surface area (Å²) >= 11 is 0. The van der Waals surface area contributed by atoms with Crippen LogP contribution in [0.5, 0.6) is 0 Å². The van der Waals surface area contributed by atoms with E-state index in [1.807, 2.05) is 0 Å². The second kappa shape index (κ2) is 3.65. The molecule has 80 valence electrons. The van der Waals surface area contributed by atoms with E-state index in [-0.39, 0.29) is 6.04 Å². The molecule has 0 aromatic rings. The van der Waals surface area contributed by atoms with Crippen LogP contribution in [0.2, 0.25) is 0 Å². The van der Waals surface area contributed by atoms with Gasteiger partial charge in [0.05, 0.1) is 6.04 Å². The molecule has 0 spiro atoms. The third-order valence-electron chi connectivity index (χ3n) is 3.86. The Kier molecular flexibility index (Phi) is 2.65. The van der Waals surface area contributed by atoms with Gasteiger partial charge in [-0.3, -0.25) is 9.69 Å². The number of Topliss-reactive ketones (excluding diaryl/α,β-unsaturated/α-hetero) is 1. The molecule has 2 rings (SSSR count). The van der Waals surface area contributed by atoms with Crippen molar-refractivity contribution in [1.29, 1.82) is 0 Å². The summed E-state index contributed by atoms with van der Waals surface area (Å²) in [5.74, 6) is 0.490. The Morgan fingerprint density at radius 3 is 2.43 bits per heavy atom. The maximum Gasteiger partial charge on any atom is 0.149 e. The van der Waals surface area contributed by atoms with Gasteiger partial charge in [-0.25, -0.2) is 0 Å². The predicted molar refractivity (Wildman–Crippen MR) is 57.2 cm³/mol. The number of piperidine rings is 1. The summed E-state index contributed by atoms with van der Waals surface area (Å²) < 4.78 is 0. The number of rotatable bonds is 1. The van der Waals surface area contributed by atoms with E-state index in [4.69, 9.17) is 0 Å². The SMILES string of the molecule is CC1(C)CCN(C2CCCC2=O)CC1. The molecule has 1 atom stereocenters. The van der Waals surface area contributed by atoms with Gasteiger partial charge in [-0.2, -0.15) is 0 Å². The quantitative estimate of drug-likeness (QED) is 0.639. The first-order valence-corrected chi connectivity index (χ1v) is 5.85. The maximum atomic E-state index is 11.6. The molecule has 1 saturated heterocycles. The second-order valence-corrected chi connectivity index (χ2v) is 5.57. The smallest absolute Gasteiger partial charge is 0.149 e. The van der Waals surface area contributed by atoms with Crippen molar-refractivity contribution in [2.45, 2.75) is 52.0 Å². The standard InChI is InChI=1S/C12H21NO/c1-12(2)6-8-13(9-7-12)10-4-3-5-11(10)14/h10H,3-9H2,1-2H3. The van der Waals surface area contributed by atoms with Crippen molar-refractivity contribution in [3.05, 3.63) is 0 Å². The maximum absolute atomic E-state index is 11.6. The van der Waals surface area contributed by atoms with Gasteiger partial charge in [0.2, 0.25) is 0 Å². The van der Waals surface area contributed by atoms with Crippen LogP contribution in [0.15, 0.2) is 0 Å². The van der Waals surface area contributed by atoms with Crippen molar-refractivity contribution in [3.8, 4) is 0 Å². The first-order valence-electron chi connectivity index (χ1n) is 5.85. The molecule has 14 heavy (non-hydrogen) atoms. The fourth-order valence-electron chi connectivity index (χ4n) is 2.62. The van der Waals surface area contributed by atoms with Crippen LogP contribution in [0.3, 0.4) is 0 Å². The van der Waals surface area contributed by atoms with Gasteiger partial charge >= 0.3 is 0 Å². The zero-order valence-corrected chi connectivity index (χ0v) is 9.38. The number of carbonyl (C=O) groups excluding carboxylic acids is 1. The van der Waals surface area contributed by atoms with Crippen LogP contribution in [-0.4, -0.2) is 29.8 Å². The third-order valence-corrected chi connectivity index (χ3v) is 3.86. The summed E-state index contributed by atoms with van der Waals surface area (Å²) in [5, 5.41) is 0. The van der Waals surface area contributed by atoms with Crippen LogP contribution in [0.1, 0.15) is 46.0 Å². The van der Waals surface area contributed by atoms with Crippen LogP contribution in [0.4, 0.5) is 0 Å². The topological polar surface area (TPSA) is 20.3 Å². The normalized spacial score (nSPS) is 33.6. The Morgan fingerprint density at radius 1 is 1.29 bits per heavy atom. The number of nitrogens with zero attached hydrogens (tertiary/aromatic N) is 1. The summed E-state index contributed by atoms with van der Waals surface area (Å²) in [5.41, 5.74) is 0.498. The average Bonchev–Trinajstić information content (AvgIpc) is 2.52. The van der Waals surface area contributed by atoms with E-state index in [1.165, 1.54) is 12.8 Å². The van der Waals surface area contributed by atoms with Gasteiger partial charge in [-0.15, -0.1) is 0 Å². The molecule has 2 heteroatoms. The van der Waals surface area contributed by atoms with Crippen LogP contribution >= 0.6 is 0 Å². The molecule has 0 bridgehead atoms. The van der Waals surface area contributed by atoms with E-state index in [9.17, 15) is 4.79 Å². The molecule has 0 N–H and O–H groups in total. The number of carbonyl (C=O) groups is 1. The van der Waals surface area contributed by atoms with Crippen LogP contribution in [-0.2, 0) is 4.79 Å². The Morgan fingerprint density at radius 2 is 1.93 bits per heavy atom. The fraction of sp³-hybridized carbons (Fsp3) is 0.917. The number of hydrogen-bond acceptors (Lipinski definition) is 2. The molecule has 1 aliphatic carbocycles. The molecule has 1 saturated carbocycles. The van der Waals surface area contributed by atoms with E-state index < -0.39 is 0 Å².